The zero-order chi connectivity index (χ0) is 47.4. The van der Waals surface area contributed by atoms with Crippen molar-refractivity contribution < 1.29 is 48.3 Å². The third kappa shape index (κ3) is 12.2. The lowest BCUT2D eigenvalue weighted by atomic mass is 10.1. The predicted octanol–water partition coefficient (Wildman–Crippen LogP) is 7.53. The van der Waals surface area contributed by atoms with E-state index in [0.717, 1.165) is 3.57 Å². The summed E-state index contributed by atoms with van der Waals surface area (Å²) < 4.78 is 24.5. The van der Waals surface area contributed by atoms with Gasteiger partial charge in [0, 0.05) is 50.4 Å². The number of fused-ring (bicyclic) bond motifs is 3. The van der Waals surface area contributed by atoms with Gasteiger partial charge in [-0.3, -0.25) is 24.5 Å². The van der Waals surface area contributed by atoms with Crippen LogP contribution < -0.4 is 10.6 Å². The number of aromatic nitrogens is 6. The molecule has 348 valence electrons. The van der Waals surface area contributed by atoms with E-state index in [9.17, 15) is 29.4 Å². The highest BCUT2D eigenvalue weighted by atomic mass is 127. The normalized spacial score (nSPS) is 18.8. The summed E-state index contributed by atoms with van der Waals surface area (Å²) in [4.78, 5) is 65.3. The molecule has 2 amide bonds. The van der Waals surface area contributed by atoms with Crippen molar-refractivity contribution >= 4 is 114 Å². The summed E-state index contributed by atoms with van der Waals surface area (Å²) in [7, 11) is 0. The standard InChI is InChI=1S/C18H22ClN3O5.C13H14ClN3O3.C12H12ClIN2O2/c1-18(2,3)27-17(25)22-8-10(14-15(22)11(19)4-6-20-14)16(24)21-12-5-7-26-9-13(12)23;14-8-1-3-15-11-7(5-16-12(8)11)13(19)17-9-2-4-20-6-10(9)18;1-12(2,3)18-11(17)16-6-8(14)9-10(16)7(13)4-5-15-9/h4,6,8,12-13,23H,5,7,9H2,1-3H3,(H,21,24);1,3,5,9-10,16,18H,2,4,6H2,(H,17,19);4-6H,1-3H3/t12-,13-;9-,10-;/m00./s1. The van der Waals surface area contributed by atoms with Crippen molar-refractivity contribution in [1.82, 2.24) is 39.7 Å². The molecule has 8 rings (SSSR count). The molecular weight excluding hydrogens is 1020 g/mol. The Morgan fingerprint density at radius 1 is 0.708 bits per heavy atom. The van der Waals surface area contributed by atoms with Gasteiger partial charge in [-0.25, -0.2) is 18.7 Å². The van der Waals surface area contributed by atoms with Gasteiger partial charge in [-0.05, 0) is 95.2 Å². The van der Waals surface area contributed by atoms with Crippen LogP contribution in [0.4, 0.5) is 9.59 Å². The zero-order valence-electron chi connectivity index (χ0n) is 36.2. The van der Waals surface area contributed by atoms with Gasteiger partial charge in [-0.2, -0.15) is 0 Å². The minimum Gasteiger partial charge on any atom is -0.443 e. The quantitative estimate of drug-likeness (QED) is 0.108. The fourth-order valence-electron chi connectivity index (χ4n) is 6.70. The Morgan fingerprint density at radius 3 is 1.66 bits per heavy atom. The third-order valence-corrected chi connectivity index (χ3v) is 11.4. The van der Waals surface area contributed by atoms with E-state index in [1.54, 1.807) is 57.7 Å². The minimum absolute atomic E-state index is 0.161. The maximum atomic E-state index is 12.8. The summed E-state index contributed by atoms with van der Waals surface area (Å²) in [6.07, 6.45) is 7.73. The number of rotatable bonds is 4. The van der Waals surface area contributed by atoms with Gasteiger partial charge in [0.15, 0.2) is 0 Å². The molecule has 6 aromatic heterocycles. The first-order valence-electron chi connectivity index (χ1n) is 20.3. The number of nitrogens with one attached hydrogen (secondary N) is 3. The van der Waals surface area contributed by atoms with E-state index >= 15 is 0 Å². The van der Waals surface area contributed by atoms with Gasteiger partial charge in [0.05, 0.1) is 83.8 Å². The van der Waals surface area contributed by atoms with Crippen LogP contribution in [0.2, 0.25) is 15.1 Å². The minimum atomic E-state index is -0.793. The number of hydrogen-bond donors (Lipinski definition) is 5. The van der Waals surface area contributed by atoms with E-state index in [1.807, 2.05) is 20.8 Å². The lowest BCUT2D eigenvalue weighted by Gasteiger charge is -2.28. The fraction of sp³-hybridized carbons (Fsp3) is 0.419. The predicted molar refractivity (Wildman–Crippen MR) is 252 cm³/mol. The Balaban J connectivity index is 0.000000166. The number of aromatic amines is 1. The first kappa shape index (κ1) is 49.8. The Labute approximate surface area is 401 Å². The highest BCUT2D eigenvalue weighted by Gasteiger charge is 2.30. The molecule has 65 heavy (non-hydrogen) atoms. The summed E-state index contributed by atoms with van der Waals surface area (Å²) >= 11 is 20.5. The molecule has 0 aliphatic carbocycles. The van der Waals surface area contributed by atoms with Crippen LogP contribution in [0.15, 0.2) is 55.4 Å². The number of aliphatic hydroxyl groups excluding tert-OH is 2. The number of aliphatic hydroxyl groups is 2. The summed E-state index contributed by atoms with van der Waals surface area (Å²) in [6, 6.07) is 4.10. The van der Waals surface area contributed by atoms with Gasteiger partial charge >= 0.3 is 12.2 Å². The first-order valence-corrected chi connectivity index (χ1v) is 22.5. The van der Waals surface area contributed by atoms with E-state index in [-0.39, 0.29) is 41.3 Å². The van der Waals surface area contributed by atoms with Crippen molar-refractivity contribution in [2.45, 2.75) is 89.9 Å². The number of amides is 2. The van der Waals surface area contributed by atoms with E-state index in [4.69, 9.17) is 53.8 Å². The Morgan fingerprint density at radius 2 is 1.15 bits per heavy atom. The molecule has 0 aromatic carbocycles. The monoisotopic (exact) mass is 1070 g/mol. The molecule has 8 heterocycles. The van der Waals surface area contributed by atoms with Gasteiger partial charge in [-0.1, -0.05) is 34.8 Å². The van der Waals surface area contributed by atoms with Crippen LogP contribution in [0, 0.1) is 3.57 Å². The number of halogens is 4. The van der Waals surface area contributed by atoms with Gasteiger partial charge in [-0.15, -0.1) is 0 Å². The molecular formula is C43H48Cl3IN8O10. The smallest absolute Gasteiger partial charge is 0.419 e. The largest absolute Gasteiger partial charge is 0.443 e. The van der Waals surface area contributed by atoms with Crippen LogP contribution in [0.5, 0.6) is 0 Å². The number of H-pyrrole nitrogens is 1. The number of hydrogen-bond acceptors (Lipinski definition) is 13. The van der Waals surface area contributed by atoms with Crippen molar-refractivity contribution in [3.05, 3.63) is 85.1 Å². The Kier molecular flexibility index (Phi) is 16.0. The maximum Gasteiger partial charge on any atom is 0.419 e. The topological polar surface area (TPSA) is 234 Å². The molecule has 0 spiro atoms. The van der Waals surface area contributed by atoms with Crippen molar-refractivity contribution in [3.8, 4) is 0 Å². The molecule has 2 saturated heterocycles. The molecule has 0 radical (unpaired) electrons. The maximum absolute atomic E-state index is 12.8. The number of nitrogens with zero attached hydrogens (tertiary/aromatic N) is 5. The molecule has 5 N–H and O–H groups in total. The Hall–Kier alpha value is -4.61. The van der Waals surface area contributed by atoms with E-state index in [1.165, 1.54) is 27.6 Å². The van der Waals surface area contributed by atoms with Gasteiger partial charge in [0.1, 0.15) is 27.8 Å². The molecule has 0 saturated carbocycles. The lowest BCUT2D eigenvalue weighted by Crippen LogP contribution is -2.48. The van der Waals surface area contributed by atoms with Crippen molar-refractivity contribution in [2.75, 3.05) is 26.4 Å². The summed E-state index contributed by atoms with van der Waals surface area (Å²) in [6.45, 7) is 12.1. The molecule has 0 unspecified atom stereocenters. The lowest BCUT2D eigenvalue weighted by molar-refractivity contribution is -0.0260. The van der Waals surface area contributed by atoms with E-state index in [2.05, 4.69) is 53.2 Å². The molecule has 6 aromatic rings. The fourth-order valence-corrected chi connectivity index (χ4v) is 8.05. The van der Waals surface area contributed by atoms with E-state index in [0.29, 0.717) is 69.2 Å². The van der Waals surface area contributed by atoms with Crippen LogP contribution in [0.25, 0.3) is 33.1 Å². The number of carbonyl (C=O) groups excluding carboxylic acids is 4. The van der Waals surface area contributed by atoms with Gasteiger partial charge < -0.3 is 44.8 Å². The summed E-state index contributed by atoms with van der Waals surface area (Å²) in [5.41, 5.74) is 2.36. The van der Waals surface area contributed by atoms with Crippen LogP contribution in [0.1, 0.15) is 75.1 Å². The molecule has 2 aliphatic rings. The average Bonchev–Trinajstić information content (AvgIpc) is 3.95. The number of carbonyl (C=O) groups is 4. The highest BCUT2D eigenvalue weighted by Crippen LogP contribution is 2.30. The number of pyridine rings is 3. The molecule has 0 bridgehead atoms. The van der Waals surface area contributed by atoms with Crippen molar-refractivity contribution in [1.29, 1.82) is 0 Å². The Bertz CT molecular complexity index is 2710. The second-order valence-electron chi connectivity index (χ2n) is 16.9. The molecule has 18 nitrogen and oxygen atoms in total. The van der Waals surface area contributed by atoms with Crippen LogP contribution in [-0.4, -0.2) is 125 Å². The van der Waals surface area contributed by atoms with Gasteiger partial charge in [0.2, 0.25) is 0 Å². The SMILES string of the molecule is CC(C)(C)OC(=O)n1cc(C(=O)N[C@H]2CCOC[C@@H]2O)c2nccc(Cl)c21.CC(C)(C)OC(=O)n1cc(I)c2nccc(Cl)c21.O=C(N[C@H]1CCOC[C@@H]1O)c1c[nH]c2c(Cl)ccnc12. The van der Waals surface area contributed by atoms with Crippen LogP contribution in [-0.2, 0) is 18.9 Å². The van der Waals surface area contributed by atoms with Crippen molar-refractivity contribution in [2.24, 2.45) is 0 Å². The van der Waals surface area contributed by atoms with Crippen LogP contribution >= 0.6 is 57.4 Å². The summed E-state index contributed by atoms with van der Waals surface area (Å²) in [5, 5.41) is 26.6. The molecule has 22 heteroatoms. The summed E-state index contributed by atoms with van der Waals surface area (Å²) in [5.74, 6) is -0.736. The van der Waals surface area contributed by atoms with Gasteiger partial charge in [0.25, 0.3) is 11.8 Å². The number of ether oxygens (including phenoxy) is 4. The van der Waals surface area contributed by atoms with Crippen LogP contribution in [0.3, 0.4) is 0 Å². The third-order valence-electron chi connectivity index (χ3n) is 9.69. The zero-order valence-corrected chi connectivity index (χ0v) is 40.6. The average molecular weight is 1070 g/mol. The molecule has 2 fully saturated rings. The highest BCUT2D eigenvalue weighted by molar-refractivity contribution is 14.1. The van der Waals surface area contributed by atoms with E-state index < -0.39 is 47.5 Å². The second kappa shape index (κ2) is 20.9. The molecule has 2 aliphatic heterocycles. The van der Waals surface area contributed by atoms with Crippen molar-refractivity contribution in [3.63, 3.8) is 0 Å². The first-order chi connectivity index (χ1) is 30.6. The second-order valence-corrected chi connectivity index (χ2v) is 19.3. The molecule has 4 atom stereocenters.